The number of ether oxygens (including phenoxy) is 1. The lowest BCUT2D eigenvalue weighted by Gasteiger charge is -2.25. The summed E-state index contributed by atoms with van der Waals surface area (Å²) in [4.78, 5) is 4.84. The van der Waals surface area contributed by atoms with Gasteiger partial charge in [0, 0.05) is 23.8 Å². The van der Waals surface area contributed by atoms with Crippen LogP contribution in [0.3, 0.4) is 0 Å². The molecule has 0 amide bonds. The van der Waals surface area contributed by atoms with Crippen LogP contribution in [0.15, 0.2) is 30.0 Å². The van der Waals surface area contributed by atoms with Crippen LogP contribution in [0.4, 0.5) is 5.69 Å². The van der Waals surface area contributed by atoms with E-state index < -0.39 is 0 Å². The monoisotopic (exact) mass is 332 g/mol. The van der Waals surface area contributed by atoms with E-state index in [2.05, 4.69) is 59.9 Å². The molecule has 23 heavy (non-hydrogen) atoms. The molecule has 0 saturated carbocycles. The fraction of sp³-hybridized carbons (Fsp3) is 0.579. The first-order valence-corrected chi connectivity index (χ1v) is 9.74. The minimum absolute atomic E-state index is 0.548. The number of allylic oxidation sites excluding steroid dienone is 2. The van der Waals surface area contributed by atoms with Gasteiger partial charge in [-0.25, -0.2) is 0 Å². The second-order valence-electron chi connectivity index (χ2n) is 6.60. The number of methoxy groups -OCH3 is 1. The Labute approximate surface area is 144 Å². The third kappa shape index (κ3) is 3.69. The molecule has 0 N–H and O–H groups in total. The molecular weight excluding hydrogens is 304 g/mol. The van der Waals surface area contributed by atoms with Gasteiger partial charge in [0.15, 0.2) is 0 Å². The van der Waals surface area contributed by atoms with Crippen molar-refractivity contribution in [1.29, 1.82) is 0 Å². The number of benzene rings is 1. The lowest BCUT2D eigenvalue weighted by atomic mass is 9.95. The van der Waals surface area contributed by atoms with E-state index in [-0.39, 0.29) is 0 Å². The molecule has 0 bridgehead atoms. The fourth-order valence-corrected chi connectivity index (χ4v) is 4.51. The standard InChI is InChI=1S/C19H28N2OS/c1-20(2)10-5-11-21-18-6-4-12-23-13-9-16(18)17-14-15(22-3)7-8-19(17)21/h6-8,14,16H,4-5,9-13H2,1-3H3. The number of hydrogen-bond donors (Lipinski definition) is 0. The second-order valence-corrected chi connectivity index (χ2v) is 7.83. The molecule has 0 spiro atoms. The van der Waals surface area contributed by atoms with Gasteiger partial charge in [-0.05, 0) is 75.2 Å². The molecule has 0 saturated heterocycles. The van der Waals surface area contributed by atoms with Gasteiger partial charge < -0.3 is 14.5 Å². The Hall–Kier alpha value is -1.13. The van der Waals surface area contributed by atoms with Crippen molar-refractivity contribution < 1.29 is 4.74 Å². The maximum atomic E-state index is 5.47. The lowest BCUT2D eigenvalue weighted by molar-refractivity contribution is 0.402. The average Bonchev–Trinajstić information content (AvgIpc) is 2.78. The molecule has 126 valence electrons. The third-order valence-corrected chi connectivity index (χ3v) is 5.77. The van der Waals surface area contributed by atoms with Gasteiger partial charge in [-0.1, -0.05) is 6.08 Å². The minimum atomic E-state index is 0.548. The predicted molar refractivity (Wildman–Crippen MR) is 101 cm³/mol. The molecule has 0 aromatic heterocycles. The molecular formula is C19H28N2OS. The molecule has 1 atom stereocenters. The van der Waals surface area contributed by atoms with Gasteiger partial charge in [0.05, 0.1) is 7.11 Å². The van der Waals surface area contributed by atoms with Gasteiger partial charge in [-0.3, -0.25) is 0 Å². The highest BCUT2D eigenvalue weighted by atomic mass is 32.2. The number of fused-ring (bicyclic) bond motifs is 3. The van der Waals surface area contributed by atoms with Gasteiger partial charge in [0.25, 0.3) is 0 Å². The molecule has 1 aromatic carbocycles. The molecule has 2 heterocycles. The Morgan fingerprint density at radius 3 is 2.96 bits per heavy atom. The van der Waals surface area contributed by atoms with Crippen molar-refractivity contribution in [2.45, 2.75) is 25.2 Å². The summed E-state index contributed by atoms with van der Waals surface area (Å²) in [6.45, 7) is 2.24. The van der Waals surface area contributed by atoms with Crippen molar-refractivity contribution >= 4 is 17.4 Å². The third-order valence-electron chi connectivity index (χ3n) is 4.72. The molecule has 3 rings (SSSR count). The summed E-state index contributed by atoms with van der Waals surface area (Å²) in [5.74, 6) is 4.03. The highest BCUT2D eigenvalue weighted by molar-refractivity contribution is 7.99. The quantitative estimate of drug-likeness (QED) is 0.810. The van der Waals surface area contributed by atoms with Gasteiger partial charge >= 0.3 is 0 Å². The summed E-state index contributed by atoms with van der Waals surface area (Å²) >= 11 is 2.08. The van der Waals surface area contributed by atoms with Crippen LogP contribution >= 0.6 is 11.8 Å². The number of hydrogen-bond acceptors (Lipinski definition) is 4. The smallest absolute Gasteiger partial charge is 0.119 e. The molecule has 1 aromatic rings. The number of thioether (sulfide) groups is 1. The van der Waals surface area contributed by atoms with Crippen molar-refractivity contribution in [3.8, 4) is 5.75 Å². The summed E-state index contributed by atoms with van der Waals surface area (Å²) in [6, 6.07) is 6.61. The van der Waals surface area contributed by atoms with Gasteiger partial charge in [-0.15, -0.1) is 0 Å². The number of nitrogens with zero attached hydrogens (tertiary/aromatic N) is 2. The first-order chi connectivity index (χ1) is 11.2. The molecule has 0 radical (unpaired) electrons. The van der Waals surface area contributed by atoms with Crippen LogP contribution in [0.2, 0.25) is 0 Å². The van der Waals surface area contributed by atoms with Crippen LogP contribution in [-0.4, -0.2) is 50.7 Å². The van der Waals surface area contributed by atoms with Gasteiger partial charge in [0.1, 0.15) is 5.75 Å². The van der Waals surface area contributed by atoms with Crippen LogP contribution in [0.25, 0.3) is 0 Å². The lowest BCUT2D eigenvalue weighted by Crippen LogP contribution is -2.25. The Balaban J connectivity index is 1.90. The van der Waals surface area contributed by atoms with E-state index in [1.807, 2.05) is 0 Å². The van der Waals surface area contributed by atoms with E-state index >= 15 is 0 Å². The molecule has 3 nitrogen and oxygen atoms in total. The first-order valence-electron chi connectivity index (χ1n) is 8.58. The minimum Gasteiger partial charge on any atom is -0.497 e. The van der Waals surface area contributed by atoms with E-state index in [0.717, 1.165) is 18.8 Å². The zero-order chi connectivity index (χ0) is 16.2. The van der Waals surface area contributed by atoms with E-state index in [9.17, 15) is 0 Å². The molecule has 0 aliphatic carbocycles. The predicted octanol–water partition coefficient (Wildman–Crippen LogP) is 3.96. The molecule has 2 aliphatic heterocycles. The van der Waals surface area contributed by atoms with Crippen LogP contribution < -0.4 is 9.64 Å². The molecule has 1 unspecified atom stereocenters. The Morgan fingerprint density at radius 2 is 2.17 bits per heavy atom. The van der Waals surface area contributed by atoms with E-state index in [1.165, 1.54) is 47.7 Å². The summed E-state index contributed by atoms with van der Waals surface area (Å²) in [5, 5.41) is 0. The maximum Gasteiger partial charge on any atom is 0.119 e. The Kier molecular flexibility index (Phi) is 5.54. The highest BCUT2D eigenvalue weighted by Crippen LogP contribution is 2.47. The van der Waals surface area contributed by atoms with E-state index in [1.54, 1.807) is 7.11 Å². The Morgan fingerprint density at radius 1 is 1.30 bits per heavy atom. The fourth-order valence-electron chi connectivity index (χ4n) is 3.61. The van der Waals surface area contributed by atoms with Crippen LogP contribution in [0.1, 0.15) is 30.7 Å². The van der Waals surface area contributed by atoms with Gasteiger partial charge in [0.2, 0.25) is 0 Å². The molecule has 4 heteroatoms. The first kappa shape index (κ1) is 16.7. The van der Waals surface area contributed by atoms with Crippen molar-refractivity contribution in [3.05, 3.63) is 35.5 Å². The topological polar surface area (TPSA) is 15.7 Å². The molecule has 0 fully saturated rings. The van der Waals surface area contributed by atoms with Crippen molar-refractivity contribution in [3.63, 3.8) is 0 Å². The summed E-state index contributed by atoms with van der Waals surface area (Å²) in [7, 11) is 6.06. The van der Waals surface area contributed by atoms with E-state index in [0.29, 0.717) is 5.92 Å². The summed E-state index contributed by atoms with van der Waals surface area (Å²) in [5.41, 5.74) is 4.39. The molecule has 2 aliphatic rings. The zero-order valence-electron chi connectivity index (χ0n) is 14.5. The van der Waals surface area contributed by atoms with Crippen LogP contribution in [-0.2, 0) is 0 Å². The summed E-state index contributed by atoms with van der Waals surface area (Å²) < 4.78 is 5.47. The van der Waals surface area contributed by atoms with Crippen molar-refractivity contribution in [2.24, 2.45) is 0 Å². The zero-order valence-corrected chi connectivity index (χ0v) is 15.4. The largest absolute Gasteiger partial charge is 0.497 e. The van der Waals surface area contributed by atoms with E-state index in [4.69, 9.17) is 4.74 Å². The second kappa shape index (κ2) is 7.63. The Bertz CT molecular complexity index is 570. The van der Waals surface area contributed by atoms with Crippen molar-refractivity contribution in [2.75, 3.05) is 50.7 Å². The highest BCUT2D eigenvalue weighted by Gasteiger charge is 2.33. The van der Waals surface area contributed by atoms with Crippen LogP contribution in [0, 0.1) is 0 Å². The maximum absolute atomic E-state index is 5.47. The van der Waals surface area contributed by atoms with Gasteiger partial charge in [-0.2, -0.15) is 11.8 Å². The average molecular weight is 333 g/mol. The van der Waals surface area contributed by atoms with Crippen molar-refractivity contribution in [1.82, 2.24) is 4.90 Å². The SMILES string of the molecule is COc1ccc2c(c1)C1CCSCCC=C1N2CCCN(C)C. The van der Waals surface area contributed by atoms with Crippen LogP contribution in [0.5, 0.6) is 5.75 Å². The number of rotatable bonds is 5. The summed E-state index contributed by atoms with van der Waals surface area (Å²) in [6.07, 6.45) is 6.10. The number of anilines is 1. The normalized spacial score (nSPS) is 20.6.